The fourth-order valence-electron chi connectivity index (χ4n) is 3.15. The van der Waals surface area contributed by atoms with Gasteiger partial charge in [-0.2, -0.15) is 4.72 Å². The average Bonchev–Trinajstić information content (AvgIpc) is 2.66. The van der Waals surface area contributed by atoms with Gasteiger partial charge in [-0.25, -0.2) is 8.42 Å². The summed E-state index contributed by atoms with van der Waals surface area (Å²) in [5, 5.41) is 12.0. The van der Waals surface area contributed by atoms with E-state index in [9.17, 15) is 18.3 Å². The normalized spacial score (nSPS) is 19.5. The monoisotopic (exact) mass is 413 g/mol. The Morgan fingerprint density at radius 2 is 2.04 bits per heavy atom. The maximum atomic E-state index is 12.5. The topological polar surface area (TPSA) is 108 Å². The number of rotatable bonds is 10. The molecule has 1 saturated heterocycles. The fraction of sp³-hybridized carbons (Fsp3) is 0.632. The van der Waals surface area contributed by atoms with Gasteiger partial charge in [0.05, 0.1) is 17.6 Å². The number of ether oxygens (including phenoxy) is 1. The Kier molecular flexibility index (Phi) is 8.84. The Morgan fingerprint density at radius 3 is 2.68 bits per heavy atom. The van der Waals surface area contributed by atoms with Crippen LogP contribution < -0.4 is 10.0 Å². The van der Waals surface area contributed by atoms with Crippen molar-refractivity contribution >= 4 is 15.9 Å². The third-order valence-electron chi connectivity index (χ3n) is 4.44. The summed E-state index contributed by atoms with van der Waals surface area (Å²) >= 11 is 0. The van der Waals surface area contributed by atoms with Crippen molar-refractivity contribution in [2.45, 2.75) is 37.3 Å². The van der Waals surface area contributed by atoms with Gasteiger partial charge in [0.2, 0.25) is 15.9 Å². The average molecular weight is 414 g/mol. The molecule has 8 nitrogen and oxygen atoms in total. The molecule has 1 amide bonds. The molecule has 0 saturated carbocycles. The lowest BCUT2D eigenvalue weighted by molar-refractivity contribution is -0.124. The summed E-state index contributed by atoms with van der Waals surface area (Å²) in [5.41, 5.74) is 0. The molecule has 28 heavy (non-hydrogen) atoms. The second-order valence-corrected chi connectivity index (χ2v) is 9.10. The molecule has 1 fully saturated rings. The Morgan fingerprint density at radius 1 is 1.32 bits per heavy atom. The van der Waals surface area contributed by atoms with Crippen molar-refractivity contribution in [3.63, 3.8) is 0 Å². The first kappa shape index (κ1) is 22.8. The van der Waals surface area contributed by atoms with Gasteiger partial charge in [-0.3, -0.25) is 9.69 Å². The van der Waals surface area contributed by atoms with Gasteiger partial charge in [0.15, 0.2) is 0 Å². The summed E-state index contributed by atoms with van der Waals surface area (Å²) in [4.78, 5) is 14.9. The van der Waals surface area contributed by atoms with E-state index in [1.165, 1.54) is 12.1 Å². The minimum Gasteiger partial charge on any atom is -0.396 e. The van der Waals surface area contributed by atoms with Crippen molar-refractivity contribution in [1.29, 1.82) is 0 Å². The highest BCUT2D eigenvalue weighted by molar-refractivity contribution is 7.89. The van der Waals surface area contributed by atoms with Crippen LogP contribution in [0.15, 0.2) is 35.2 Å². The Balaban J connectivity index is 1.92. The van der Waals surface area contributed by atoms with Crippen LogP contribution in [0, 0.1) is 5.92 Å². The maximum Gasteiger partial charge on any atom is 0.241 e. The zero-order valence-corrected chi connectivity index (χ0v) is 17.3. The van der Waals surface area contributed by atoms with E-state index >= 15 is 0 Å². The largest absolute Gasteiger partial charge is 0.396 e. The van der Waals surface area contributed by atoms with Crippen LogP contribution in [0.25, 0.3) is 0 Å². The lowest BCUT2D eigenvalue weighted by Crippen LogP contribution is -2.52. The molecule has 1 heterocycles. The van der Waals surface area contributed by atoms with Crippen molar-refractivity contribution in [1.82, 2.24) is 14.9 Å². The van der Waals surface area contributed by atoms with Gasteiger partial charge in [-0.05, 0) is 24.5 Å². The molecule has 0 radical (unpaired) electrons. The molecular weight excluding hydrogens is 382 g/mol. The number of aliphatic hydroxyl groups is 1. The fourth-order valence-corrected chi connectivity index (χ4v) is 4.40. The van der Waals surface area contributed by atoms with Crippen molar-refractivity contribution in [2.75, 3.05) is 39.4 Å². The standard InChI is InChI=1S/C19H31N3O5S/c1-15(2)13-22-9-11-27-16(14-22)12-20-19(24)18(8-10-23)21-28(25,26)17-6-4-3-5-7-17/h3-7,15-16,18,21,23H,8-14H2,1-2H3,(H,20,24)/t16-,18+/m1/s1. The lowest BCUT2D eigenvalue weighted by atomic mass is 10.1. The van der Waals surface area contributed by atoms with Crippen LogP contribution in [0.5, 0.6) is 0 Å². The predicted octanol–water partition coefficient (Wildman–Crippen LogP) is 0.189. The first-order valence-corrected chi connectivity index (χ1v) is 11.1. The first-order valence-electron chi connectivity index (χ1n) is 9.61. The smallest absolute Gasteiger partial charge is 0.241 e. The van der Waals surface area contributed by atoms with Crippen molar-refractivity contribution in [3.8, 4) is 0 Å². The highest BCUT2D eigenvalue weighted by atomic mass is 32.2. The molecule has 0 unspecified atom stereocenters. The van der Waals surface area contributed by atoms with E-state index in [0.717, 1.165) is 19.6 Å². The number of nitrogens with one attached hydrogen (secondary N) is 2. The number of hydrogen-bond acceptors (Lipinski definition) is 6. The highest BCUT2D eigenvalue weighted by Crippen LogP contribution is 2.10. The number of morpholine rings is 1. The van der Waals surface area contributed by atoms with Crippen LogP contribution >= 0.6 is 0 Å². The Bertz CT molecular complexity index is 712. The number of carbonyl (C=O) groups is 1. The van der Waals surface area contributed by atoms with Crippen LogP contribution in [-0.2, 0) is 19.6 Å². The molecule has 1 aromatic carbocycles. The molecule has 1 aliphatic rings. The molecule has 1 aromatic rings. The number of carbonyl (C=O) groups excluding carboxylic acids is 1. The molecule has 0 aliphatic carbocycles. The number of hydrogen-bond donors (Lipinski definition) is 3. The number of sulfonamides is 1. The second kappa shape index (κ2) is 10.9. The molecular formula is C19H31N3O5S. The molecule has 1 aliphatic heterocycles. The van der Waals surface area contributed by atoms with E-state index in [0.29, 0.717) is 19.1 Å². The van der Waals surface area contributed by atoms with Crippen LogP contribution in [0.2, 0.25) is 0 Å². The molecule has 0 aromatic heterocycles. The number of nitrogens with zero attached hydrogens (tertiary/aromatic N) is 1. The Hall–Kier alpha value is -1.52. The summed E-state index contributed by atoms with van der Waals surface area (Å²) in [7, 11) is -3.85. The molecule has 9 heteroatoms. The number of benzene rings is 1. The van der Waals surface area contributed by atoms with Crippen LogP contribution in [0.4, 0.5) is 0 Å². The summed E-state index contributed by atoms with van der Waals surface area (Å²) in [6, 6.07) is 6.79. The van der Waals surface area contributed by atoms with E-state index in [1.54, 1.807) is 18.2 Å². The SMILES string of the molecule is CC(C)CN1CCO[C@H](CNC(=O)[C@H](CCO)NS(=O)(=O)c2ccccc2)C1. The quantitative estimate of drug-likeness (QED) is 0.505. The first-order chi connectivity index (χ1) is 13.3. The zero-order valence-electron chi connectivity index (χ0n) is 16.5. The van der Waals surface area contributed by atoms with Crippen molar-refractivity contribution in [2.24, 2.45) is 5.92 Å². The van der Waals surface area contributed by atoms with Gasteiger partial charge in [0.1, 0.15) is 6.04 Å². The van der Waals surface area contributed by atoms with Gasteiger partial charge in [-0.15, -0.1) is 0 Å². The zero-order chi connectivity index (χ0) is 20.6. The predicted molar refractivity (Wildman–Crippen MR) is 106 cm³/mol. The minimum atomic E-state index is -3.85. The molecule has 158 valence electrons. The third-order valence-corrected chi connectivity index (χ3v) is 5.92. The van der Waals surface area contributed by atoms with E-state index in [1.807, 2.05) is 0 Å². The van der Waals surface area contributed by atoms with Gasteiger partial charge >= 0.3 is 0 Å². The number of amides is 1. The molecule has 0 spiro atoms. The third kappa shape index (κ3) is 7.14. The van der Waals surface area contributed by atoms with Crippen LogP contribution in [0.1, 0.15) is 20.3 Å². The van der Waals surface area contributed by atoms with Gasteiger partial charge in [0.25, 0.3) is 0 Å². The summed E-state index contributed by atoms with van der Waals surface area (Å²) in [6.07, 6.45) is -0.153. The van der Waals surface area contributed by atoms with E-state index in [4.69, 9.17) is 4.74 Å². The van der Waals surface area contributed by atoms with Crippen LogP contribution in [-0.4, -0.2) is 75.9 Å². The van der Waals surface area contributed by atoms with E-state index < -0.39 is 22.0 Å². The van der Waals surface area contributed by atoms with E-state index in [-0.39, 0.29) is 24.0 Å². The van der Waals surface area contributed by atoms with Crippen LogP contribution in [0.3, 0.4) is 0 Å². The van der Waals surface area contributed by atoms with Crippen molar-refractivity contribution in [3.05, 3.63) is 30.3 Å². The van der Waals surface area contributed by atoms with Gasteiger partial charge in [0, 0.05) is 32.8 Å². The lowest BCUT2D eigenvalue weighted by Gasteiger charge is -2.34. The maximum absolute atomic E-state index is 12.5. The molecule has 2 atom stereocenters. The molecule has 0 bridgehead atoms. The van der Waals surface area contributed by atoms with Gasteiger partial charge < -0.3 is 15.2 Å². The van der Waals surface area contributed by atoms with Gasteiger partial charge in [-0.1, -0.05) is 32.0 Å². The summed E-state index contributed by atoms with van der Waals surface area (Å²) < 4.78 is 33.0. The second-order valence-electron chi connectivity index (χ2n) is 7.39. The number of aliphatic hydroxyl groups excluding tert-OH is 1. The molecule has 3 N–H and O–H groups in total. The van der Waals surface area contributed by atoms with E-state index in [2.05, 4.69) is 28.8 Å². The van der Waals surface area contributed by atoms with Crippen molar-refractivity contribution < 1.29 is 23.1 Å². The Labute approximate surface area is 167 Å². The summed E-state index contributed by atoms with van der Waals surface area (Å²) in [6.45, 7) is 7.46. The minimum absolute atomic E-state index is 0.0110. The highest BCUT2D eigenvalue weighted by Gasteiger charge is 2.27. The summed E-state index contributed by atoms with van der Waals surface area (Å²) in [5.74, 6) is 0.0767. The molecule has 2 rings (SSSR count).